The number of nitrogens with one attached hydrogen (secondary N) is 1. The van der Waals surface area contributed by atoms with Crippen molar-refractivity contribution in [2.24, 2.45) is 5.41 Å². The number of imide groups is 1. The molecule has 1 N–H and O–H groups in total. The fourth-order valence-corrected chi connectivity index (χ4v) is 2.45. The van der Waals surface area contributed by atoms with E-state index >= 15 is 0 Å². The Balaban J connectivity index is 2.19. The highest BCUT2D eigenvalue weighted by atomic mass is 35.5. The lowest BCUT2D eigenvalue weighted by Gasteiger charge is -2.18. The molecule has 5 nitrogen and oxygen atoms in total. The van der Waals surface area contributed by atoms with Crippen molar-refractivity contribution in [3.05, 3.63) is 22.8 Å². The summed E-state index contributed by atoms with van der Waals surface area (Å²) in [6.45, 7) is 6.56. The van der Waals surface area contributed by atoms with Crippen LogP contribution in [0.5, 0.6) is 0 Å². The van der Waals surface area contributed by atoms with E-state index in [1.54, 1.807) is 26.0 Å². The monoisotopic (exact) mass is 309 g/mol. The number of halogens is 1. The number of pyridine rings is 1. The van der Waals surface area contributed by atoms with Gasteiger partial charge in [0.05, 0.1) is 22.7 Å². The molecule has 0 unspecified atom stereocenters. The summed E-state index contributed by atoms with van der Waals surface area (Å²) >= 11 is 6.14. The maximum atomic E-state index is 12.2. The van der Waals surface area contributed by atoms with Crippen LogP contribution in [-0.4, -0.2) is 28.2 Å². The normalized spacial score (nSPS) is 17.4. The third-order valence-corrected chi connectivity index (χ3v) is 3.85. The van der Waals surface area contributed by atoms with Crippen molar-refractivity contribution in [3.63, 3.8) is 0 Å². The molecule has 0 bridgehead atoms. The summed E-state index contributed by atoms with van der Waals surface area (Å²) in [6.07, 6.45) is 1.22. The van der Waals surface area contributed by atoms with E-state index in [-0.39, 0.29) is 24.8 Å². The molecule has 6 heteroatoms. The van der Waals surface area contributed by atoms with Crippen LogP contribution < -0.4 is 5.32 Å². The Hall–Kier alpha value is -1.62. The van der Waals surface area contributed by atoms with Crippen LogP contribution in [0.1, 0.15) is 39.3 Å². The van der Waals surface area contributed by atoms with Crippen molar-refractivity contribution in [1.29, 1.82) is 0 Å². The van der Waals surface area contributed by atoms with Gasteiger partial charge in [-0.15, -0.1) is 0 Å². The Bertz CT molecular complexity index is 572. The summed E-state index contributed by atoms with van der Waals surface area (Å²) < 4.78 is 0. The minimum Gasteiger partial charge on any atom is -0.370 e. The fraction of sp³-hybridized carbons (Fsp3) is 0.533. The van der Waals surface area contributed by atoms with Gasteiger partial charge in [0, 0.05) is 13.0 Å². The van der Waals surface area contributed by atoms with E-state index < -0.39 is 5.41 Å². The minimum atomic E-state index is -0.637. The summed E-state index contributed by atoms with van der Waals surface area (Å²) in [5.74, 6) is 0.363. The van der Waals surface area contributed by atoms with Crippen LogP contribution in [0.15, 0.2) is 12.1 Å². The van der Waals surface area contributed by atoms with E-state index in [1.807, 2.05) is 0 Å². The SMILES string of the molecule is CCCNc1ccc(Cl)c(CN2C(=O)CC(C)(C)C2=O)n1. The zero-order chi connectivity index (χ0) is 15.6. The van der Waals surface area contributed by atoms with Gasteiger partial charge in [-0.05, 0) is 18.6 Å². The van der Waals surface area contributed by atoms with Crippen LogP contribution in [0.3, 0.4) is 0 Å². The predicted molar refractivity (Wildman–Crippen MR) is 82.0 cm³/mol. The second kappa shape index (κ2) is 6.02. The Morgan fingerprint density at radius 1 is 1.38 bits per heavy atom. The van der Waals surface area contributed by atoms with Crippen molar-refractivity contribution in [2.45, 2.75) is 40.2 Å². The number of hydrogen-bond donors (Lipinski definition) is 1. The van der Waals surface area contributed by atoms with Crippen LogP contribution in [0.25, 0.3) is 0 Å². The first-order chi connectivity index (χ1) is 9.85. The first-order valence-electron chi connectivity index (χ1n) is 7.09. The number of anilines is 1. The second-order valence-corrected chi connectivity index (χ2v) is 6.30. The van der Waals surface area contributed by atoms with Crippen molar-refractivity contribution in [1.82, 2.24) is 9.88 Å². The maximum absolute atomic E-state index is 12.2. The molecule has 114 valence electrons. The molecule has 2 heterocycles. The average molecular weight is 310 g/mol. The Kier molecular flexibility index (Phi) is 4.52. The molecule has 0 radical (unpaired) electrons. The van der Waals surface area contributed by atoms with E-state index in [4.69, 9.17) is 11.6 Å². The predicted octanol–water partition coefficient (Wildman–Crippen LogP) is 2.84. The molecule has 1 aromatic heterocycles. The van der Waals surface area contributed by atoms with Crippen LogP contribution in [-0.2, 0) is 16.1 Å². The van der Waals surface area contributed by atoms with Gasteiger partial charge in [-0.2, -0.15) is 0 Å². The van der Waals surface area contributed by atoms with Gasteiger partial charge < -0.3 is 5.32 Å². The molecule has 2 amide bonds. The third kappa shape index (κ3) is 3.35. The topological polar surface area (TPSA) is 62.3 Å². The molecule has 1 saturated heterocycles. The summed E-state index contributed by atoms with van der Waals surface area (Å²) in [7, 11) is 0. The lowest BCUT2D eigenvalue weighted by Crippen LogP contribution is -2.33. The molecule has 0 aromatic carbocycles. The van der Waals surface area contributed by atoms with Gasteiger partial charge in [-0.3, -0.25) is 14.5 Å². The lowest BCUT2D eigenvalue weighted by molar-refractivity contribution is -0.141. The molecule has 21 heavy (non-hydrogen) atoms. The minimum absolute atomic E-state index is 0.127. The molecule has 1 fully saturated rings. The Morgan fingerprint density at radius 2 is 2.10 bits per heavy atom. The molecule has 1 aromatic rings. The first kappa shape index (κ1) is 15.8. The third-order valence-electron chi connectivity index (χ3n) is 3.50. The van der Waals surface area contributed by atoms with Crippen LogP contribution >= 0.6 is 11.6 Å². The molecule has 2 rings (SSSR count). The molecular formula is C15H20ClN3O2. The first-order valence-corrected chi connectivity index (χ1v) is 7.47. The number of carbonyl (C=O) groups is 2. The zero-order valence-electron chi connectivity index (χ0n) is 12.6. The van der Waals surface area contributed by atoms with Crippen molar-refractivity contribution < 1.29 is 9.59 Å². The van der Waals surface area contributed by atoms with Crippen LogP contribution in [0.4, 0.5) is 5.82 Å². The van der Waals surface area contributed by atoms with Gasteiger partial charge in [0.1, 0.15) is 5.82 Å². The van der Waals surface area contributed by atoms with Gasteiger partial charge >= 0.3 is 0 Å². The highest BCUT2D eigenvalue weighted by molar-refractivity contribution is 6.31. The van der Waals surface area contributed by atoms with Gasteiger partial charge in [-0.1, -0.05) is 32.4 Å². The number of likely N-dealkylation sites (tertiary alicyclic amines) is 1. The van der Waals surface area contributed by atoms with Crippen molar-refractivity contribution in [2.75, 3.05) is 11.9 Å². The number of hydrogen-bond acceptors (Lipinski definition) is 4. The number of nitrogens with zero attached hydrogens (tertiary/aromatic N) is 2. The second-order valence-electron chi connectivity index (χ2n) is 5.90. The highest BCUT2D eigenvalue weighted by Crippen LogP contribution is 2.33. The molecule has 0 aliphatic carbocycles. The summed E-state index contributed by atoms with van der Waals surface area (Å²) in [6, 6.07) is 3.52. The van der Waals surface area contributed by atoms with Gasteiger partial charge in [0.15, 0.2) is 0 Å². The molecular weight excluding hydrogens is 290 g/mol. The zero-order valence-corrected chi connectivity index (χ0v) is 13.3. The summed E-state index contributed by atoms with van der Waals surface area (Å²) in [5.41, 5.74) is -0.0982. The molecule has 0 atom stereocenters. The lowest BCUT2D eigenvalue weighted by atomic mass is 9.92. The number of rotatable bonds is 5. The highest BCUT2D eigenvalue weighted by Gasteiger charge is 2.44. The molecule has 1 aliphatic heterocycles. The van der Waals surface area contributed by atoms with Crippen LogP contribution in [0.2, 0.25) is 5.02 Å². The number of carbonyl (C=O) groups excluding carboxylic acids is 2. The largest absolute Gasteiger partial charge is 0.370 e. The van der Waals surface area contributed by atoms with E-state index in [0.717, 1.165) is 13.0 Å². The molecule has 0 spiro atoms. The van der Waals surface area contributed by atoms with Gasteiger partial charge in [0.25, 0.3) is 0 Å². The summed E-state index contributed by atoms with van der Waals surface area (Å²) in [4.78, 5) is 29.9. The average Bonchev–Trinajstić information content (AvgIpc) is 2.61. The van der Waals surface area contributed by atoms with Gasteiger partial charge in [0.2, 0.25) is 11.8 Å². The van der Waals surface area contributed by atoms with Crippen molar-refractivity contribution in [3.8, 4) is 0 Å². The van der Waals surface area contributed by atoms with Crippen LogP contribution in [0, 0.1) is 5.41 Å². The molecule has 1 aliphatic rings. The fourth-order valence-electron chi connectivity index (χ4n) is 2.28. The molecule has 0 saturated carbocycles. The Morgan fingerprint density at radius 3 is 2.67 bits per heavy atom. The number of aromatic nitrogens is 1. The van der Waals surface area contributed by atoms with E-state index in [0.29, 0.717) is 16.5 Å². The Labute approximate surface area is 129 Å². The number of amides is 2. The summed E-state index contributed by atoms with van der Waals surface area (Å²) in [5, 5.41) is 3.63. The van der Waals surface area contributed by atoms with E-state index in [9.17, 15) is 9.59 Å². The standard InChI is InChI=1S/C15H20ClN3O2/c1-4-7-17-12-6-5-10(16)11(18-12)9-19-13(20)8-15(2,3)14(19)21/h5-6H,4,7-9H2,1-3H3,(H,17,18). The van der Waals surface area contributed by atoms with E-state index in [2.05, 4.69) is 17.2 Å². The van der Waals surface area contributed by atoms with Crippen molar-refractivity contribution >= 4 is 29.2 Å². The smallest absolute Gasteiger partial charge is 0.235 e. The van der Waals surface area contributed by atoms with Gasteiger partial charge in [-0.25, -0.2) is 4.98 Å². The van der Waals surface area contributed by atoms with E-state index in [1.165, 1.54) is 4.90 Å². The quantitative estimate of drug-likeness (QED) is 0.850. The maximum Gasteiger partial charge on any atom is 0.235 e.